The minimum atomic E-state index is -0.435. The van der Waals surface area contributed by atoms with E-state index in [0.717, 1.165) is 38.5 Å². The third kappa shape index (κ3) is 2.43. The molecule has 4 aliphatic carbocycles. The molecule has 0 aromatic heterocycles. The van der Waals surface area contributed by atoms with Crippen molar-refractivity contribution in [1.82, 2.24) is 5.32 Å². The topological polar surface area (TPSA) is 66.4 Å². The smallest absolute Gasteiger partial charge is 0.217 e. The van der Waals surface area contributed by atoms with Crippen LogP contribution in [0, 0.1) is 28.6 Å². The largest absolute Gasteiger partial charge is 0.391 e. The van der Waals surface area contributed by atoms with Gasteiger partial charge in [-0.05, 0) is 73.2 Å². The summed E-state index contributed by atoms with van der Waals surface area (Å²) in [6.45, 7) is 6.21. The molecule has 0 aromatic rings. The lowest BCUT2D eigenvalue weighted by Crippen LogP contribution is -2.55. The maximum atomic E-state index is 11.9. The highest BCUT2D eigenvalue weighted by atomic mass is 16.3. The lowest BCUT2D eigenvalue weighted by molar-refractivity contribution is -0.122. The Morgan fingerprint density at radius 1 is 1.20 bits per heavy atom. The van der Waals surface area contributed by atoms with Gasteiger partial charge in [-0.2, -0.15) is 0 Å². The highest BCUT2D eigenvalue weighted by Crippen LogP contribution is 2.65. The van der Waals surface area contributed by atoms with Crippen molar-refractivity contribution in [1.29, 1.82) is 0 Å². The van der Waals surface area contributed by atoms with E-state index in [4.69, 9.17) is 0 Å². The Kier molecular flexibility index (Phi) is 3.91. The van der Waals surface area contributed by atoms with Gasteiger partial charge in [-0.1, -0.05) is 19.4 Å². The minimum absolute atomic E-state index is 0.00564. The molecular weight excluding hydrogens is 314 g/mol. The monoisotopic (exact) mass is 345 g/mol. The number of rotatable bonds is 1. The van der Waals surface area contributed by atoms with Crippen LogP contribution in [0.25, 0.3) is 0 Å². The first kappa shape index (κ1) is 17.3. The average molecular weight is 345 g/mol. The predicted molar refractivity (Wildman–Crippen MR) is 95.7 cm³/mol. The number of nitrogens with one attached hydrogen (secondary N) is 1. The van der Waals surface area contributed by atoms with Gasteiger partial charge in [0.05, 0.1) is 12.1 Å². The molecule has 3 fully saturated rings. The van der Waals surface area contributed by atoms with Crippen LogP contribution in [0.2, 0.25) is 0 Å². The van der Waals surface area contributed by atoms with Crippen LogP contribution in [-0.2, 0) is 9.59 Å². The second kappa shape index (κ2) is 5.67. The summed E-state index contributed by atoms with van der Waals surface area (Å²) in [7, 11) is 0. The Hall–Kier alpha value is -1.16. The van der Waals surface area contributed by atoms with Crippen molar-refractivity contribution in [2.75, 3.05) is 0 Å². The first-order valence-corrected chi connectivity index (χ1v) is 9.95. The van der Waals surface area contributed by atoms with E-state index in [1.165, 1.54) is 5.57 Å². The maximum absolute atomic E-state index is 11.9. The van der Waals surface area contributed by atoms with Gasteiger partial charge in [0, 0.05) is 13.3 Å². The molecule has 0 radical (unpaired) electrons. The van der Waals surface area contributed by atoms with Gasteiger partial charge in [0.25, 0.3) is 0 Å². The molecule has 0 aliphatic heterocycles. The lowest BCUT2D eigenvalue weighted by atomic mass is 9.47. The molecular formula is C21H31NO3. The van der Waals surface area contributed by atoms with E-state index in [1.807, 2.05) is 6.08 Å². The van der Waals surface area contributed by atoms with Gasteiger partial charge in [0.15, 0.2) is 5.78 Å². The molecule has 25 heavy (non-hydrogen) atoms. The highest BCUT2D eigenvalue weighted by molar-refractivity contribution is 5.91. The van der Waals surface area contributed by atoms with Gasteiger partial charge in [-0.15, -0.1) is 0 Å². The first-order chi connectivity index (χ1) is 11.8. The van der Waals surface area contributed by atoms with Crippen molar-refractivity contribution in [2.45, 2.75) is 77.9 Å². The Balaban J connectivity index is 1.65. The van der Waals surface area contributed by atoms with Gasteiger partial charge >= 0.3 is 0 Å². The number of carbonyl (C=O) groups is 2. The number of allylic oxidation sites excluding steroid dienone is 1. The zero-order valence-electron chi connectivity index (χ0n) is 15.7. The summed E-state index contributed by atoms with van der Waals surface area (Å²) in [5.74, 6) is 1.94. The van der Waals surface area contributed by atoms with Crippen molar-refractivity contribution < 1.29 is 14.7 Å². The number of fused-ring (bicyclic) bond motifs is 5. The van der Waals surface area contributed by atoms with Crippen LogP contribution in [0.1, 0.15) is 65.7 Å². The normalized spacial score (nSPS) is 48.9. The fourth-order valence-electron chi connectivity index (χ4n) is 7.05. The molecule has 7 atom stereocenters. The Morgan fingerprint density at radius 2 is 1.96 bits per heavy atom. The molecule has 0 bridgehead atoms. The lowest BCUT2D eigenvalue weighted by Gasteiger charge is -2.58. The SMILES string of the molecule is CC(=O)N[C@@H]1[C@@H](O)C[C@@H]2[C@H]3CCC4=CC(=O)CC[C@]4(C)[C@@H]3CC[C@@]21C. The molecule has 0 spiro atoms. The number of hydrogen-bond donors (Lipinski definition) is 2. The molecule has 138 valence electrons. The van der Waals surface area contributed by atoms with Crippen LogP contribution in [0.15, 0.2) is 11.6 Å². The number of hydrogen-bond acceptors (Lipinski definition) is 3. The molecule has 2 N–H and O–H groups in total. The van der Waals surface area contributed by atoms with Gasteiger partial charge in [-0.3, -0.25) is 9.59 Å². The predicted octanol–water partition coefficient (Wildman–Crippen LogP) is 2.99. The van der Waals surface area contributed by atoms with Gasteiger partial charge < -0.3 is 10.4 Å². The minimum Gasteiger partial charge on any atom is -0.391 e. The highest BCUT2D eigenvalue weighted by Gasteiger charge is 2.61. The van der Waals surface area contributed by atoms with E-state index >= 15 is 0 Å². The summed E-state index contributed by atoms with van der Waals surface area (Å²) < 4.78 is 0. The Bertz CT molecular complexity index is 641. The first-order valence-electron chi connectivity index (χ1n) is 9.95. The summed E-state index contributed by atoms with van der Waals surface area (Å²) in [4.78, 5) is 23.5. The quantitative estimate of drug-likeness (QED) is 0.768. The molecule has 4 heteroatoms. The zero-order valence-corrected chi connectivity index (χ0v) is 15.7. The van der Waals surface area contributed by atoms with Crippen LogP contribution in [0.3, 0.4) is 0 Å². The van der Waals surface area contributed by atoms with Crippen LogP contribution in [0.5, 0.6) is 0 Å². The zero-order chi connectivity index (χ0) is 18.0. The summed E-state index contributed by atoms with van der Waals surface area (Å²) in [5, 5.41) is 13.7. The van der Waals surface area contributed by atoms with Gasteiger partial charge in [-0.25, -0.2) is 0 Å². The van der Waals surface area contributed by atoms with Gasteiger partial charge in [0.1, 0.15) is 0 Å². The van der Waals surface area contributed by atoms with E-state index in [0.29, 0.717) is 30.0 Å². The number of aliphatic hydroxyl groups excluding tert-OH is 1. The third-order valence-corrected chi connectivity index (χ3v) is 8.35. The van der Waals surface area contributed by atoms with E-state index < -0.39 is 6.10 Å². The summed E-state index contributed by atoms with van der Waals surface area (Å²) >= 11 is 0. The van der Waals surface area contributed by atoms with Crippen molar-refractivity contribution in [3.8, 4) is 0 Å². The number of amides is 1. The van der Waals surface area contributed by atoms with Crippen molar-refractivity contribution in [2.24, 2.45) is 28.6 Å². The standard InChI is InChI=1S/C21H31NO3/c1-12(23)22-19-18(25)11-17-15-5-4-13-10-14(24)6-8-20(13,2)16(15)7-9-21(17,19)3/h10,15-19,25H,4-9,11H2,1-3H3,(H,22,23)/t15-,16+,17+,18-,19+,20-,21-/m0/s1. The van der Waals surface area contributed by atoms with Crippen LogP contribution < -0.4 is 5.32 Å². The third-order valence-electron chi connectivity index (χ3n) is 8.35. The van der Waals surface area contributed by atoms with Gasteiger partial charge in [0.2, 0.25) is 5.91 Å². The Morgan fingerprint density at radius 3 is 2.68 bits per heavy atom. The van der Waals surface area contributed by atoms with E-state index in [-0.39, 0.29) is 22.8 Å². The van der Waals surface area contributed by atoms with E-state index in [9.17, 15) is 14.7 Å². The van der Waals surface area contributed by atoms with Crippen LogP contribution in [-0.4, -0.2) is 28.9 Å². The summed E-state index contributed by atoms with van der Waals surface area (Å²) in [5.41, 5.74) is 1.54. The molecule has 0 heterocycles. The van der Waals surface area contributed by atoms with E-state index in [2.05, 4.69) is 19.2 Å². The number of ketones is 1. The summed E-state index contributed by atoms with van der Waals surface area (Å²) in [6.07, 6.45) is 8.32. The molecule has 0 unspecified atom stereocenters. The van der Waals surface area contributed by atoms with Crippen molar-refractivity contribution in [3.63, 3.8) is 0 Å². The number of aliphatic hydroxyl groups is 1. The second-order valence-corrected chi connectivity index (χ2v) is 9.49. The summed E-state index contributed by atoms with van der Waals surface area (Å²) in [6, 6.07) is -0.117. The maximum Gasteiger partial charge on any atom is 0.217 e. The molecule has 4 aliphatic rings. The number of carbonyl (C=O) groups excluding carboxylic acids is 2. The average Bonchev–Trinajstić information content (AvgIpc) is 2.79. The molecule has 3 saturated carbocycles. The molecule has 0 saturated heterocycles. The molecule has 1 amide bonds. The fraction of sp³-hybridized carbons (Fsp3) is 0.810. The van der Waals surface area contributed by atoms with Crippen LogP contribution in [0.4, 0.5) is 0 Å². The Labute approximate surface area is 150 Å². The molecule has 4 rings (SSSR count). The fourth-order valence-corrected chi connectivity index (χ4v) is 7.05. The van der Waals surface area contributed by atoms with Crippen molar-refractivity contribution >= 4 is 11.7 Å². The van der Waals surface area contributed by atoms with E-state index in [1.54, 1.807) is 6.92 Å². The van der Waals surface area contributed by atoms with Crippen LogP contribution >= 0.6 is 0 Å². The molecule has 0 aromatic carbocycles. The molecule has 4 nitrogen and oxygen atoms in total. The second-order valence-electron chi connectivity index (χ2n) is 9.49. The van der Waals surface area contributed by atoms with Crippen molar-refractivity contribution in [3.05, 3.63) is 11.6 Å².